The summed E-state index contributed by atoms with van der Waals surface area (Å²) >= 11 is 0. The van der Waals surface area contributed by atoms with Crippen molar-refractivity contribution >= 4 is 5.78 Å². The van der Waals surface area contributed by atoms with Crippen LogP contribution in [-0.4, -0.2) is 5.78 Å². The lowest BCUT2D eigenvalue weighted by molar-refractivity contribution is -0.114. The predicted molar refractivity (Wildman–Crippen MR) is 48.4 cm³/mol. The van der Waals surface area contributed by atoms with Gasteiger partial charge in [-0.2, -0.15) is 0 Å². The van der Waals surface area contributed by atoms with Crippen molar-refractivity contribution in [1.82, 2.24) is 0 Å². The molecule has 60 valence electrons. The molecule has 0 saturated carbocycles. The number of hydrogen-bond donors (Lipinski definition) is 0. The predicted octanol–water partition coefficient (Wildman–Crippen LogP) is 2.65. The summed E-state index contributed by atoms with van der Waals surface area (Å²) in [5.74, 6) is 0.167. The molecule has 0 unspecified atom stereocenters. The summed E-state index contributed by atoms with van der Waals surface area (Å²) in [7, 11) is 0. The minimum absolute atomic E-state index is 0.167. The molecular formula is C10H14O. The molecule has 0 atom stereocenters. The average Bonchev–Trinajstić information content (AvgIpc) is 2.13. The van der Waals surface area contributed by atoms with Crippen LogP contribution in [0, 0.1) is 0 Å². The minimum atomic E-state index is 0.167. The Hall–Kier alpha value is -1.11. The standard InChI is InChI=1S/C7H8.C3H6O/c1-2-4-6-7-5-3-1;1-3(2)4/h1-6H,7H2;1-2H3. The third-order valence-corrected chi connectivity index (χ3v) is 0.878. The van der Waals surface area contributed by atoms with Gasteiger partial charge in [0.15, 0.2) is 0 Å². The number of allylic oxidation sites excluding steroid dienone is 6. The second kappa shape index (κ2) is 7.00. The first kappa shape index (κ1) is 9.89. The third-order valence-electron chi connectivity index (χ3n) is 0.878. The Labute approximate surface area is 68.1 Å². The zero-order chi connectivity index (χ0) is 8.53. The molecular weight excluding hydrogens is 136 g/mol. The molecule has 0 heterocycles. The molecule has 0 aromatic rings. The van der Waals surface area contributed by atoms with E-state index in [4.69, 9.17) is 0 Å². The summed E-state index contributed by atoms with van der Waals surface area (Å²) in [4.78, 5) is 9.44. The highest BCUT2D eigenvalue weighted by atomic mass is 16.1. The summed E-state index contributed by atoms with van der Waals surface area (Å²) in [5, 5.41) is 0. The lowest BCUT2D eigenvalue weighted by Gasteiger charge is -1.69. The van der Waals surface area contributed by atoms with Gasteiger partial charge in [-0.25, -0.2) is 0 Å². The lowest BCUT2D eigenvalue weighted by atomic mass is 10.4. The number of carbonyl (C=O) groups excluding carboxylic acids is 1. The first-order valence-electron chi connectivity index (χ1n) is 3.69. The van der Waals surface area contributed by atoms with Gasteiger partial charge in [0.1, 0.15) is 5.78 Å². The maximum absolute atomic E-state index is 9.44. The van der Waals surface area contributed by atoms with E-state index in [9.17, 15) is 4.79 Å². The summed E-state index contributed by atoms with van der Waals surface area (Å²) in [6.07, 6.45) is 13.5. The first-order chi connectivity index (χ1) is 5.23. The highest BCUT2D eigenvalue weighted by Gasteiger charge is 1.70. The molecule has 0 amide bonds. The first-order valence-corrected chi connectivity index (χ1v) is 3.69. The number of ketones is 1. The van der Waals surface area contributed by atoms with Crippen LogP contribution in [-0.2, 0) is 4.79 Å². The van der Waals surface area contributed by atoms with E-state index >= 15 is 0 Å². The molecule has 1 aliphatic rings. The smallest absolute Gasteiger partial charge is 0.126 e. The van der Waals surface area contributed by atoms with E-state index in [0.29, 0.717) is 0 Å². The molecule has 11 heavy (non-hydrogen) atoms. The Morgan fingerprint density at radius 3 is 1.73 bits per heavy atom. The van der Waals surface area contributed by atoms with E-state index < -0.39 is 0 Å². The maximum atomic E-state index is 9.44. The zero-order valence-electron chi connectivity index (χ0n) is 7.08. The number of hydrogen-bond acceptors (Lipinski definition) is 1. The summed E-state index contributed by atoms with van der Waals surface area (Å²) in [6.45, 7) is 3.06. The molecule has 1 rings (SSSR count). The van der Waals surface area contributed by atoms with Crippen molar-refractivity contribution in [3.05, 3.63) is 36.5 Å². The molecule has 1 aliphatic carbocycles. The van der Waals surface area contributed by atoms with Crippen molar-refractivity contribution in [3.63, 3.8) is 0 Å². The van der Waals surface area contributed by atoms with Gasteiger partial charge in [0.25, 0.3) is 0 Å². The van der Waals surface area contributed by atoms with Crippen LogP contribution in [0.1, 0.15) is 20.3 Å². The lowest BCUT2D eigenvalue weighted by Crippen LogP contribution is -1.69. The van der Waals surface area contributed by atoms with E-state index in [1.165, 1.54) is 13.8 Å². The van der Waals surface area contributed by atoms with Crippen LogP contribution in [0.5, 0.6) is 0 Å². The fraction of sp³-hybridized carbons (Fsp3) is 0.300. The highest BCUT2D eigenvalue weighted by molar-refractivity contribution is 5.72. The van der Waals surface area contributed by atoms with Gasteiger partial charge < -0.3 is 4.79 Å². The fourth-order valence-corrected chi connectivity index (χ4v) is 0.521. The number of Topliss-reactive ketones (excluding diaryl/α,β-unsaturated/α-hetero) is 1. The van der Waals surface area contributed by atoms with Crippen molar-refractivity contribution in [1.29, 1.82) is 0 Å². The van der Waals surface area contributed by atoms with Crippen LogP contribution in [0.15, 0.2) is 36.5 Å². The third kappa shape index (κ3) is 12.2. The van der Waals surface area contributed by atoms with Crippen molar-refractivity contribution in [2.45, 2.75) is 20.3 Å². The van der Waals surface area contributed by atoms with Crippen LogP contribution < -0.4 is 0 Å². The molecule has 0 aliphatic heterocycles. The minimum Gasteiger partial charge on any atom is -0.300 e. The van der Waals surface area contributed by atoms with Gasteiger partial charge in [0, 0.05) is 0 Å². The molecule has 0 spiro atoms. The topological polar surface area (TPSA) is 17.1 Å². The Balaban J connectivity index is 0.000000218. The van der Waals surface area contributed by atoms with Crippen LogP contribution in [0.3, 0.4) is 0 Å². The monoisotopic (exact) mass is 150 g/mol. The Morgan fingerprint density at radius 2 is 1.36 bits per heavy atom. The van der Waals surface area contributed by atoms with Crippen molar-refractivity contribution in [2.24, 2.45) is 0 Å². The molecule has 1 nitrogen and oxygen atoms in total. The quantitative estimate of drug-likeness (QED) is 0.519. The van der Waals surface area contributed by atoms with E-state index in [2.05, 4.69) is 24.3 Å². The van der Waals surface area contributed by atoms with E-state index in [0.717, 1.165) is 6.42 Å². The van der Waals surface area contributed by atoms with Gasteiger partial charge >= 0.3 is 0 Å². The molecule has 0 fully saturated rings. The van der Waals surface area contributed by atoms with Gasteiger partial charge in [0.2, 0.25) is 0 Å². The van der Waals surface area contributed by atoms with Crippen LogP contribution in [0.25, 0.3) is 0 Å². The van der Waals surface area contributed by atoms with Crippen molar-refractivity contribution in [3.8, 4) is 0 Å². The number of carbonyl (C=O) groups is 1. The molecule has 0 bridgehead atoms. The Bertz CT molecular complexity index is 167. The number of rotatable bonds is 0. The van der Waals surface area contributed by atoms with Gasteiger partial charge in [0.05, 0.1) is 0 Å². The molecule has 0 N–H and O–H groups in total. The average molecular weight is 150 g/mol. The van der Waals surface area contributed by atoms with Gasteiger partial charge in [-0.15, -0.1) is 0 Å². The van der Waals surface area contributed by atoms with E-state index in [1.54, 1.807) is 0 Å². The van der Waals surface area contributed by atoms with Crippen molar-refractivity contribution in [2.75, 3.05) is 0 Å². The van der Waals surface area contributed by atoms with Crippen LogP contribution in [0.2, 0.25) is 0 Å². The maximum Gasteiger partial charge on any atom is 0.126 e. The van der Waals surface area contributed by atoms with Crippen LogP contribution in [0.4, 0.5) is 0 Å². The van der Waals surface area contributed by atoms with Gasteiger partial charge in [-0.3, -0.25) is 0 Å². The molecule has 0 aromatic carbocycles. The molecule has 0 radical (unpaired) electrons. The normalized spacial score (nSPS) is 13.3. The van der Waals surface area contributed by atoms with Gasteiger partial charge in [-0.05, 0) is 20.3 Å². The van der Waals surface area contributed by atoms with E-state index in [1.807, 2.05) is 12.2 Å². The van der Waals surface area contributed by atoms with E-state index in [-0.39, 0.29) is 5.78 Å². The van der Waals surface area contributed by atoms with Crippen LogP contribution >= 0.6 is 0 Å². The fourth-order valence-electron chi connectivity index (χ4n) is 0.521. The SMILES string of the molecule is C1=CC=CCC=C1.CC(C)=O. The zero-order valence-corrected chi connectivity index (χ0v) is 7.08. The largest absolute Gasteiger partial charge is 0.300 e. The van der Waals surface area contributed by atoms with Crippen molar-refractivity contribution < 1.29 is 4.79 Å². The second-order valence-electron chi connectivity index (χ2n) is 2.39. The summed E-state index contributed by atoms with van der Waals surface area (Å²) in [5.41, 5.74) is 0. The Morgan fingerprint density at radius 1 is 1.00 bits per heavy atom. The molecule has 1 heteroatoms. The Kier molecular flexibility index (Phi) is 6.30. The highest BCUT2D eigenvalue weighted by Crippen LogP contribution is 1.91. The molecule has 0 saturated heterocycles. The summed E-state index contributed by atoms with van der Waals surface area (Å²) in [6, 6.07) is 0. The second-order valence-corrected chi connectivity index (χ2v) is 2.39. The van der Waals surface area contributed by atoms with Gasteiger partial charge in [-0.1, -0.05) is 36.5 Å². The summed E-state index contributed by atoms with van der Waals surface area (Å²) < 4.78 is 0. The molecule has 0 aromatic heterocycles.